The quantitative estimate of drug-likeness (QED) is 0.303. The molecule has 0 radical (unpaired) electrons. The average molecular weight is 373 g/mol. The molecule has 2 rings (SSSR count). The molecule has 3 nitrogen and oxygen atoms in total. The molecule has 26 heavy (non-hydrogen) atoms. The largest absolute Gasteiger partial charge is 0.466 e. The number of rotatable bonds is 11. The smallest absolute Gasteiger partial charge is 0.310 e. The van der Waals surface area contributed by atoms with Crippen molar-refractivity contribution >= 4 is 17.7 Å². The summed E-state index contributed by atoms with van der Waals surface area (Å²) in [5.74, 6) is -0.230. The summed E-state index contributed by atoms with van der Waals surface area (Å²) in [6, 6.07) is 20.4. The molecule has 140 valence electrons. The third kappa shape index (κ3) is 6.85. The van der Waals surface area contributed by atoms with Crippen LogP contribution in [0.3, 0.4) is 0 Å². The highest BCUT2D eigenvalue weighted by molar-refractivity contribution is 8.00. The van der Waals surface area contributed by atoms with Crippen LogP contribution in [0.4, 0.5) is 0 Å². The number of benzene rings is 2. The minimum Gasteiger partial charge on any atom is -0.466 e. The first kappa shape index (κ1) is 20.5. The van der Waals surface area contributed by atoms with Crippen LogP contribution in [0.5, 0.6) is 0 Å². The van der Waals surface area contributed by atoms with Gasteiger partial charge in [-0.05, 0) is 37.5 Å². The number of thioether (sulfide) groups is 1. The van der Waals surface area contributed by atoms with Gasteiger partial charge in [0.1, 0.15) is 0 Å². The molecule has 0 aliphatic heterocycles. The van der Waals surface area contributed by atoms with Crippen LogP contribution in [0.2, 0.25) is 0 Å². The van der Waals surface area contributed by atoms with Gasteiger partial charge >= 0.3 is 5.97 Å². The Labute approximate surface area is 161 Å². The van der Waals surface area contributed by atoms with E-state index >= 15 is 0 Å². The van der Waals surface area contributed by atoms with E-state index in [1.165, 1.54) is 4.90 Å². The van der Waals surface area contributed by atoms with Crippen LogP contribution in [-0.4, -0.2) is 24.4 Å². The SMILES string of the molecule is CCOC(=O)[C@H](CC)[C@H](CCOCc1ccccc1)Sc1ccccc1. The standard InChI is InChI=1S/C22H28O3S/c1-3-20(22(23)25-4-2)21(26-19-13-9-6-10-14-19)15-16-24-17-18-11-7-5-8-12-18/h5-14,20-21H,3-4,15-17H2,1-2H3/t20-,21+/m1/s1. The molecule has 0 aliphatic carbocycles. The topological polar surface area (TPSA) is 35.5 Å². The van der Waals surface area contributed by atoms with Crippen molar-refractivity contribution in [2.24, 2.45) is 5.92 Å². The van der Waals surface area contributed by atoms with E-state index in [9.17, 15) is 4.79 Å². The van der Waals surface area contributed by atoms with Gasteiger partial charge in [-0.25, -0.2) is 0 Å². The molecular formula is C22H28O3S. The van der Waals surface area contributed by atoms with Crippen LogP contribution in [0.1, 0.15) is 32.3 Å². The first-order valence-electron chi connectivity index (χ1n) is 9.24. The highest BCUT2D eigenvalue weighted by Crippen LogP contribution is 2.33. The van der Waals surface area contributed by atoms with Crippen molar-refractivity contribution in [3.63, 3.8) is 0 Å². The molecule has 4 heteroatoms. The normalized spacial score (nSPS) is 13.2. The summed E-state index contributed by atoms with van der Waals surface area (Å²) >= 11 is 1.74. The van der Waals surface area contributed by atoms with E-state index in [0.717, 1.165) is 18.4 Å². The van der Waals surface area contributed by atoms with Crippen LogP contribution in [0.25, 0.3) is 0 Å². The van der Waals surface area contributed by atoms with Crippen molar-refractivity contribution in [3.8, 4) is 0 Å². The fourth-order valence-corrected chi connectivity index (χ4v) is 4.16. The van der Waals surface area contributed by atoms with Crippen molar-refractivity contribution in [3.05, 3.63) is 66.2 Å². The minimum atomic E-state index is -0.125. The lowest BCUT2D eigenvalue weighted by atomic mass is 10.00. The predicted molar refractivity (Wildman–Crippen MR) is 107 cm³/mol. The molecule has 0 N–H and O–H groups in total. The second kappa shape index (κ2) is 11.8. The maximum absolute atomic E-state index is 12.4. The number of hydrogen-bond acceptors (Lipinski definition) is 4. The van der Waals surface area contributed by atoms with E-state index in [-0.39, 0.29) is 17.1 Å². The molecule has 0 saturated carbocycles. The van der Waals surface area contributed by atoms with Gasteiger partial charge < -0.3 is 9.47 Å². The van der Waals surface area contributed by atoms with Gasteiger partial charge in [0.25, 0.3) is 0 Å². The van der Waals surface area contributed by atoms with E-state index in [1.54, 1.807) is 11.8 Å². The third-order valence-corrected chi connectivity index (χ3v) is 5.58. The van der Waals surface area contributed by atoms with Crippen molar-refractivity contribution < 1.29 is 14.3 Å². The summed E-state index contributed by atoms with van der Waals surface area (Å²) in [6.07, 6.45) is 1.58. The molecule has 0 fully saturated rings. The fraction of sp³-hybridized carbons (Fsp3) is 0.409. The summed E-state index contributed by atoms with van der Waals surface area (Å²) < 4.78 is 11.2. The average Bonchev–Trinajstić information content (AvgIpc) is 2.67. The monoisotopic (exact) mass is 372 g/mol. The highest BCUT2D eigenvalue weighted by Gasteiger charge is 2.28. The molecule has 0 bridgehead atoms. The van der Waals surface area contributed by atoms with Crippen LogP contribution < -0.4 is 0 Å². The first-order valence-corrected chi connectivity index (χ1v) is 10.1. The summed E-state index contributed by atoms with van der Waals surface area (Å²) in [7, 11) is 0. The molecule has 0 unspecified atom stereocenters. The predicted octanol–water partition coefficient (Wildman–Crippen LogP) is 5.34. The Hall–Kier alpha value is -1.78. The zero-order valence-corrected chi connectivity index (χ0v) is 16.4. The Bertz CT molecular complexity index is 630. The molecule has 0 heterocycles. The lowest BCUT2D eigenvalue weighted by Crippen LogP contribution is -2.28. The van der Waals surface area contributed by atoms with E-state index < -0.39 is 0 Å². The fourth-order valence-electron chi connectivity index (χ4n) is 2.81. The number of carbonyl (C=O) groups excluding carboxylic acids is 1. The zero-order chi connectivity index (χ0) is 18.6. The van der Waals surface area contributed by atoms with E-state index in [2.05, 4.69) is 24.3 Å². The van der Waals surface area contributed by atoms with Gasteiger partial charge in [-0.1, -0.05) is 55.5 Å². The Kier molecular flexibility index (Phi) is 9.29. The molecule has 0 spiro atoms. The van der Waals surface area contributed by atoms with Crippen LogP contribution >= 0.6 is 11.8 Å². The van der Waals surface area contributed by atoms with Crippen molar-refractivity contribution in [1.29, 1.82) is 0 Å². The maximum Gasteiger partial charge on any atom is 0.310 e. The van der Waals surface area contributed by atoms with Gasteiger partial charge in [-0.15, -0.1) is 11.8 Å². The molecular weight excluding hydrogens is 344 g/mol. The van der Waals surface area contributed by atoms with Crippen LogP contribution in [0, 0.1) is 5.92 Å². The second-order valence-electron chi connectivity index (χ2n) is 6.06. The van der Waals surface area contributed by atoms with Crippen molar-refractivity contribution in [2.75, 3.05) is 13.2 Å². The first-order chi connectivity index (χ1) is 12.7. The van der Waals surface area contributed by atoms with E-state index in [1.807, 2.05) is 50.2 Å². The molecule has 0 aromatic heterocycles. The Morgan fingerprint density at radius 1 is 1.00 bits per heavy atom. The molecule has 2 aromatic rings. The number of esters is 1. The van der Waals surface area contributed by atoms with E-state index in [0.29, 0.717) is 19.8 Å². The molecule has 0 saturated heterocycles. The number of hydrogen-bond donors (Lipinski definition) is 0. The second-order valence-corrected chi connectivity index (χ2v) is 7.38. The maximum atomic E-state index is 12.4. The Balaban J connectivity index is 1.96. The van der Waals surface area contributed by atoms with Crippen LogP contribution in [0.15, 0.2) is 65.6 Å². The molecule has 2 atom stereocenters. The Morgan fingerprint density at radius 3 is 2.27 bits per heavy atom. The summed E-state index contributed by atoms with van der Waals surface area (Å²) in [6.45, 7) is 5.54. The zero-order valence-electron chi connectivity index (χ0n) is 15.6. The summed E-state index contributed by atoms with van der Waals surface area (Å²) in [4.78, 5) is 13.6. The van der Waals surface area contributed by atoms with Gasteiger partial charge in [0.05, 0.1) is 19.1 Å². The lowest BCUT2D eigenvalue weighted by molar-refractivity contribution is -0.148. The molecule has 2 aromatic carbocycles. The lowest BCUT2D eigenvalue weighted by Gasteiger charge is -2.24. The Morgan fingerprint density at radius 2 is 1.65 bits per heavy atom. The van der Waals surface area contributed by atoms with E-state index in [4.69, 9.17) is 9.47 Å². The van der Waals surface area contributed by atoms with Gasteiger partial charge in [0.15, 0.2) is 0 Å². The van der Waals surface area contributed by atoms with Crippen LogP contribution in [-0.2, 0) is 20.9 Å². The summed E-state index contributed by atoms with van der Waals surface area (Å²) in [5.41, 5.74) is 1.16. The number of carbonyl (C=O) groups is 1. The van der Waals surface area contributed by atoms with Gasteiger partial charge in [-0.3, -0.25) is 4.79 Å². The third-order valence-electron chi connectivity index (χ3n) is 4.17. The van der Waals surface area contributed by atoms with Crippen molar-refractivity contribution in [2.45, 2.75) is 43.4 Å². The highest BCUT2D eigenvalue weighted by atomic mass is 32.2. The molecule has 0 aliphatic rings. The van der Waals surface area contributed by atoms with Crippen molar-refractivity contribution in [1.82, 2.24) is 0 Å². The minimum absolute atomic E-state index is 0.105. The van der Waals surface area contributed by atoms with Gasteiger partial charge in [0, 0.05) is 16.8 Å². The van der Waals surface area contributed by atoms with Gasteiger partial charge in [0.2, 0.25) is 0 Å². The number of ether oxygens (including phenoxy) is 2. The summed E-state index contributed by atoms with van der Waals surface area (Å²) in [5, 5.41) is 0.136. The molecule has 0 amide bonds. The van der Waals surface area contributed by atoms with Gasteiger partial charge in [-0.2, -0.15) is 0 Å².